The van der Waals surface area contributed by atoms with Crippen molar-refractivity contribution in [2.45, 2.75) is 0 Å². The molecule has 0 heterocycles. The first-order valence-electron chi connectivity index (χ1n) is 0. The Morgan fingerprint density at radius 2 is 1.25 bits per heavy atom. The Morgan fingerprint density at radius 3 is 1.25 bits per heavy atom. The second-order valence-electron chi connectivity index (χ2n) is 0. The zero-order valence-electron chi connectivity index (χ0n) is 4.41. The van der Waals surface area contributed by atoms with Crippen LogP contribution >= 0.6 is 0 Å². The van der Waals surface area contributed by atoms with Crippen molar-refractivity contribution in [1.29, 1.82) is 0 Å². The van der Waals surface area contributed by atoms with E-state index in [1.807, 2.05) is 0 Å². The molecule has 4 heavy (non-hydrogen) atoms. The Hall–Kier alpha value is 2.10. The summed E-state index contributed by atoms with van der Waals surface area (Å²) < 4.78 is 0. The largest absolute Gasteiger partial charge is 0 e. The normalized spacial score (nSPS) is 0. The van der Waals surface area contributed by atoms with Crippen LogP contribution in [0, 0.1) is 0 Å². The summed E-state index contributed by atoms with van der Waals surface area (Å²) in [5.74, 6) is 0. The molecule has 22 valence electrons. The molecular formula is H6BeSeTeZn. The molecule has 0 aliphatic carbocycles. The van der Waals surface area contributed by atoms with Gasteiger partial charge in [0.1, 0.15) is 0 Å². The first-order valence-corrected chi connectivity index (χ1v) is 0. The van der Waals surface area contributed by atoms with E-state index < -0.39 is 0 Å². The van der Waals surface area contributed by atoms with Crippen LogP contribution in [0.15, 0.2) is 0 Å². The zero-order chi connectivity index (χ0) is 0. The van der Waals surface area contributed by atoms with Gasteiger partial charge in [-0.25, -0.2) is 0 Å². The van der Waals surface area contributed by atoms with Crippen molar-refractivity contribution in [3.8, 4) is 0 Å². The van der Waals surface area contributed by atoms with Gasteiger partial charge in [-0.2, -0.15) is 0 Å². The molecule has 0 aliphatic rings. The van der Waals surface area contributed by atoms with Gasteiger partial charge in [0, 0.05) is 19.5 Å². The van der Waals surface area contributed by atoms with Crippen molar-refractivity contribution >= 4 is 50.9 Å². The van der Waals surface area contributed by atoms with Gasteiger partial charge >= 0.3 is 50.9 Å². The Bertz CT molecular complexity index is 13.5. The van der Waals surface area contributed by atoms with Crippen molar-refractivity contribution in [3.05, 3.63) is 0 Å². The molecule has 0 saturated carbocycles. The smallest absolute Gasteiger partial charge is 0 e. The average molecular weight is 287 g/mol. The standard InChI is InChI=1S/Be.H2Se.H2Te.Zn.2H/h;2*1H2;;;/q+2;;;;2*-1. The summed E-state index contributed by atoms with van der Waals surface area (Å²) >= 11 is 0. The number of hydrogen-bond acceptors (Lipinski definition) is 0. The third kappa shape index (κ3) is 8.93. The SMILES string of the molecule is [Be+2].[H-].[H-].[SeH2].[TeH2].[Zn]. The van der Waals surface area contributed by atoms with Crippen LogP contribution in [0.1, 0.15) is 2.85 Å². The minimum Gasteiger partial charge on any atom is 0 e. The predicted molar refractivity (Wildman–Crippen MR) is 25.1 cm³/mol. The maximum absolute atomic E-state index is 0. The maximum Gasteiger partial charge on any atom is 0 e. The van der Waals surface area contributed by atoms with Gasteiger partial charge in [-0.05, 0) is 0 Å². The van der Waals surface area contributed by atoms with E-state index in [0.29, 0.717) is 0 Å². The van der Waals surface area contributed by atoms with Crippen molar-refractivity contribution in [1.82, 2.24) is 0 Å². The van der Waals surface area contributed by atoms with Crippen molar-refractivity contribution in [3.63, 3.8) is 0 Å². The van der Waals surface area contributed by atoms with Crippen molar-refractivity contribution in [2.24, 2.45) is 0 Å². The second kappa shape index (κ2) is 19.4. The Balaban J connectivity index is 0. The fourth-order valence-corrected chi connectivity index (χ4v) is 0. The molecule has 0 amide bonds. The maximum atomic E-state index is 0. The van der Waals surface area contributed by atoms with Crippen LogP contribution in [0.25, 0.3) is 0 Å². The molecule has 0 aromatic rings. The van der Waals surface area contributed by atoms with Gasteiger partial charge < -0.3 is 2.85 Å². The van der Waals surface area contributed by atoms with E-state index in [4.69, 9.17) is 0 Å². The summed E-state index contributed by atoms with van der Waals surface area (Å²) in [5, 5.41) is 0. The van der Waals surface area contributed by atoms with E-state index in [-0.39, 0.29) is 73.2 Å². The molecule has 0 rings (SSSR count). The van der Waals surface area contributed by atoms with Crippen LogP contribution in [-0.4, -0.2) is 50.9 Å². The Morgan fingerprint density at radius 1 is 1.25 bits per heavy atom. The van der Waals surface area contributed by atoms with Gasteiger partial charge in [0.2, 0.25) is 0 Å². The van der Waals surface area contributed by atoms with Crippen LogP contribution < -0.4 is 0 Å². The molecule has 0 nitrogen and oxygen atoms in total. The first kappa shape index (κ1) is 36.0. The van der Waals surface area contributed by atoms with Crippen LogP contribution in [0.4, 0.5) is 0 Å². The van der Waals surface area contributed by atoms with E-state index in [1.54, 1.807) is 0 Å². The predicted octanol–water partition coefficient (Wildman–Crippen LogP) is -1.99. The van der Waals surface area contributed by atoms with E-state index in [2.05, 4.69) is 0 Å². The van der Waals surface area contributed by atoms with E-state index >= 15 is 0 Å². The van der Waals surface area contributed by atoms with Crippen LogP contribution in [0.3, 0.4) is 0 Å². The molecule has 0 radical (unpaired) electrons. The summed E-state index contributed by atoms with van der Waals surface area (Å²) in [7, 11) is 0. The quantitative estimate of drug-likeness (QED) is 0.453. The third-order valence-electron chi connectivity index (χ3n) is 0. The Kier molecular flexibility index (Phi) is 175. The fourth-order valence-electron chi connectivity index (χ4n) is 0. The molecule has 0 fully saturated rings. The van der Waals surface area contributed by atoms with E-state index in [0.717, 1.165) is 0 Å². The van der Waals surface area contributed by atoms with Crippen LogP contribution in [0.5, 0.6) is 0 Å². The summed E-state index contributed by atoms with van der Waals surface area (Å²) in [6, 6.07) is 0. The van der Waals surface area contributed by atoms with Gasteiger partial charge in [0.25, 0.3) is 0 Å². The second-order valence-corrected chi connectivity index (χ2v) is 0. The van der Waals surface area contributed by atoms with Crippen molar-refractivity contribution in [2.75, 3.05) is 0 Å². The summed E-state index contributed by atoms with van der Waals surface area (Å²) in [5.41, 5.74) is 0. The molecule has 0 aromatic heterocycles. The zero-order valence-corrected chi connectivity index (χ0v) is 10.3. The average Bonchev–Trinajstić information content (AvgIpc) is 0. The number of rotatable bonds is 0. The minimum absolute atomic E-state index is 0. The van der Waals surface area contributed by atoms with Gasteiger partial charge in [0.05, 0.1) is 0 Å². The summed E-state index contributed by atoms with van der Waals surface area (Å²) in [6.07, 6.45) is 0. The van der Waals surface area contributed by atoms with Gasteiger partial charge in [-0.1, -0.05) is 0 Å². The first-order chi connectivity index (χ1) is 0. The summed E-state index contributed by atoms with van der Waals surface area (Å²) in [4.78, 5) is 0. The minimum atomic E-state index is 0. The monoisotopic (exact) mass is 289 g/mol. The Labute approximate surface area is 72.6 Å². The molecular weight excluding hydrogens is 281 g/mol. The molecule has 0 saturated heterocycles. The molecule has 0 unspecified atom stereocenters. The third-order valence-corrected chi connectivity index (χ3v) is 0. The molecule has 0 spiro atoms. The van der Waals surface area contributed by atoms with Gasteiger partial charge in [0.15, 0.2) is 0 Å². The topological polar surface area (TPSA) is 0 Å². The summed E-state index contributed by atoms with van der Waals surface area (Å²) in [6.45, 7) is 0. The van der Waals surface area contributed by atoms with E-state index in [1.165, 1.54) is 0 Å². The van der Waals surface area contributed by atoms with Gasteiger partial charge in [-0.15, -0.1) is 0 Å². The molecule has 0 bridgehead atoms. The van der Waals surface area contributed by atoms with Gasteiger partial charge in [-0.3, -0.25) is 0 Å². The van der Waals surface area contributed by atoms with Crippen molar-refractivity contribution < 1.29 is 22.3 Å². The van der Waals surface area contributed by atoms with E-state index in [9.17, 15) is 0 Å². The molecule has 0 atom stereocenters. The molecule has 0 N–H and O–H groups in total. The molecule has 0 aliphatic heterocycles. The molecule has 4 heteroatoms. The number of hydrogen-bond donors (Lipinski definition) is 0. The molecule has 0 aromatic carbocycles. The van der Waals surface area contributed by atoms with Crippen LogP contribution in [0.2, 0.25) is 0 Å². The van der Waals surface area contributed by atoms with Crippen LogP contribution in [-0.2, 0) is 19.5 Å². The fraction of sp³-hybridized carbons (Fsp3) is 0.